The molecule has 0 atom stereocenters. The van der Waals surface area contributed by atoms with E-state index in [4.69, 9.17) is 56.8 Å². The van der Waals surface area contributed by atoms with Crippen molar-refractivity contribution in [3.63, 3.8) is 0 Å². The molecule has 644 valence electrons. The SMILES string of the molecule is C/C=C/COC(=O)c1csc(-c2ccc(OCC)cc2)n1.C=C(C)COC(=O)c1csc(-c2ccc(OCC)cc2)n1.CCOC(=O)c1nc(-c2ccc(OCC)cc2)sc1C.CCOc1ccc(-c2nc(C(=O)OC(C)C)cs2)cc1.CCOc1ccc(-c2nc(C(=O)OC)cs2)cc1.CCOc1ccc(-c2nc(C(=O)OCCCOC)cs2)cc1. The van der Waals surface area contributed by atoms with E-state index < -0.39 is 23.9 Å². The molecule has 0 saturated heterocycles. The van der Waals surface area contributed by atoms with Crippen molar-refractivity contribution in [1.29, 1.82) is 0 Å². The lowest BCUT2D eigenvalue weighted by atomic mass is 10.2. The molecular formula is C91H100N6O19S6. The molecule has 0 amide bonds. The Kier molecular flexibility index (Phi) is 42.3. The van der Waals surface area contributed by atoms with Crippen molar-refractivity contribution in [2.24, 2.45) is 0 Å². The minimum atomic E-state index is -0.425. The van der Waals surface area contributed by atoms with Crippen molar-refractivity contribution < 1.29 is 90.3 Å². The third kappa shape index (κ3) is 32.3. The van der Waals surface area contributed by atoms with Gasteiger partial charge in [-0.05, 0) is 234 Å². The number of rotatable bonds is 34. The fraction of sp³-hybridized carbons (Fsp3) is 0.297. The summed E-state index contributed by atoms with van der Waals surface area (Å²) in [5.74, 6) is 2.56. The van der Waals surface area contributed by atoms with Gasteiger partial charge >= 0.3 is 35.8 Å². The molecule has 12 aromatic rings. The Hall–Kier alpha value is -11.8. The number of carbonyl (C=O) groups is 6. The average Bonchev–Trinajstić information content (AvgIpc) is 1.68. The Morgan fingerprint density at radius 1 is 0.377 bits per heavy atom. The number of esters is 6. The number of aromatic nitrogens is 6. The summed E-state index contributed by atoms with van der Waals surface area (Å²) < 4.78 is 67.3. The number of hydrogen-bond donors (Lipinski definition) is 0. The highest BCUT2D eigenvalue weighted by molar-refractivity contribution is 7.15. The number of nitrogens with zero attached hydrogens (tertiary/aromatic N) is 6. The second kappa shape index (κ2) is 53.0. The summed E-state index contributed by atoms with van der Waals surface area (Å²) in [6.45, 7) is 31.9. The molecule has 6 aromatic heterocycles. The number of aryl methyl sites for hydroxylation is 1. The van der Waals surface area contributed by atoms with Crippen LogP contribution in [-0.4, -0.2) is 159 Å². The Labute approximate surface area is 735 Å². The first-order valence-electron chi connectivity index (χ1n) is 38.9. The number of allylic oxidation sites excluding steroid dienone is 1. The molecule has 0 unspecified atom stereocenters. The maximum atomic E-state index is 11.9. The molecule has 0 aliphatic carbocycles. The standard InChI is InChI=1S/C16H19NO4S.2C16H17NO3S.2C15H17NO3S.C13H13NO3S/c1-3-20-13-7-5-12(6-8-13)15-17-14(11-22-15)16(18)21-10-4-9-19-2;1-4-19-13-7-5-12(6-8-13)15-17-14(10-21-15)16(18)20-9-11(2)3;1-3-5-10-20-16(18)14-11-21-15(17-14)12-6-8-13(9-7-12)19-4-2;1-4-18-12-7-5-11(6-8-12)14-16-13(9-20-14)15(17)19-10(2)3;1-4-18-12-8-6-11(7-9-12)14-16-13(10(3)20-14)15(17)19-5-2;1-3-17-10-6-4-9(5-7-10)12-14-11(8-18-12)13(15)16-2/h5-8,11H,3-4,9-10H2,1-2H3;5-8,10H,2,4,9H2,1,3H3;3,5-9,11H,4,10H2,1-2H3;5-10H,4H2,1-3H3;6-9H,4-5H2,1-3H3;4-8H,3H2,1-2H3/b;;5-3+;;;. The van der Waals surface area contributed by atoms with Gasteiger partial charge in [-0.3, -0.25) is 0 Å². The lowest BCUT2D eigenvalue weighted by Gasteiger charge is -2.05. The molecule has 6 aromatic carbocycles. The zero-order valence-electron chi connectivity index (χ0n) is 70.6. The highest BCUT2D eigenvalue weighted by Gasteiger charge is 2.21. The van der Waals surface area contributed by atoms with Crippen molar-refractivity contribution in [2.75, 3.05) is 86.9 Å². The number of methoxy groups -OCH3 is 2. The lowest BCUT2D eigenvalue weighted by Crippen LogP contribution is -2.11. The average molecular weight is 1770 g/mol. The van der Waals surface area contributed by atoms with Crippen LogP contribution in [0, 0.1) is 6.92 Å². The van der Waals surface area contributed by atoms with E-state index in [2.05, 4.69) is 41.2 Å². The van der Waals surface area contributed by atoms with Gasteiger partial charge in [0, 0.05) is 85.3 Å². The highest BCUT2D eigenvalue weighted by atomic mass is 32.1. The van der Waals surface area contributed by atoms with Crippen LogP contribution in [0.4, 0.5) is 0 Å². The summed E-state index contributed by atoms with van der Waals surface area (Å²) in [7, 11) is 2.96. The Balaban J connectivity index is 0.000000202. The minimum Gasteiger partial charge on any atom is -0.494 e. The van der Waals surface area contributed by atoms with Crippen molar-refractivity contribution in [3.05, 3.63) is 236 Å². The molecule has 0 spiro atoms. The minimum absolute atomic E-state index is 0.141. The highest BCUT2D eigenvalue weighted by Crippen LogP contribution is 2.34. The van der Waals surface area contributed by atoms with E-state index >= 15 is 0 Å². The summed E-state index contributed by atoms with van der Waals surface area (Å²) in [5, 5.41) is 13.3. The molecule has 0 bridgehead atoms. The third-order valence-corrected chi connectivity index (χ3v) is 21.0. The third-order valence-electron chi connectivity index (χ3n) is 15.6. The van der Waals surface area contributed by atoms with Gasteiger partial charge in [0.25, 0.3) is 0 Å². The van der Waals surface area contributed by atoms with Gasteiger partial charge in [-0.1, -0.05) is 18.7 Å². The van der Waals surface area contributed by atoms with Crippen molar-refractivity contribution in [1.82, 2.24) is 29.9 Å². The number of hydrogen-bond acceptors (Lipinski definition) is 31. The predicted molar refractivity (Wildman–Crippen MR) is 482 cm³/mol. The smallest absolute Gasteiger partial charge is 0.358 e. The van der Waals surface area contributed by atoms with Gasteiger partial charge in [-0.2, -0.15) is 0 Å². The first kappa shape index (κ1) is 97.3. The largest absolute Gasteiger partial charge is 0.494 e. The van der Waals surface area contributed by atoms with E-state index in [0.29, 0.717) is 100 Å². The molecule has 0 N–H and O–H groups in total. The maximum absolute atomic E-state index is 11.9. The topological polar surface area (TPSA) is 300 Å². The fourth-order valence-electron chi connectivity index (χ4n) is 9.95. The van der Waals surface area contributed by atoms with Gasteiger partial charge in [0.2, 0.25) is 0 Å². The van der Waals surface area contributed by atoms with Crippen LogP contribution in [-0.2, 0) is 33.2 Å². The normalized spacial score (nSPS) is 10.4. The molecular weight excluding hydrogens is 1670 g/mol. The van der Waals surface area contributed by atoms with E-state index in [1.807, 2.05) is 221 Å². The van der Waals surface area contributed by atoms with Gasteiger partial charge in [-0.25, -0.2) is 58.7 Å². The summed E-state index contributed by atoms with van der Waals surface area (Å²) in [6.07, 6.45) is 4.15. The molecule has 6 heterocycles. The number of ether oxygens (including phenoxy) is 13. The van der Waals surface area contributed by atoms with E-state index in [1.165, 1.54) is 75.1 Å². The monoisotopic (exact) mass is 1770 g/mol. The summed E-state index contributed by atoms with van der Waals surface area (Å²) in [4.78, 5) is 96.9. The lowest BCUT2D eigenvalue weighted by molar-refractivity contribution is 0.0369. The summed E-state index contributed by atoms with van der Waals surface area (Å²) in [5.41, 5.74) is 8.64. The molecule has 0 saturated carbocycles. The van der Waals surface area contributed by atoms with Gasteiger partial charge in [-0.15, -0.1) is 68.0 Å². The molecule has 122 heavy (non-hydrogen) atoms. The van der Waals surface area contributed by atoms with Crippen molar-refractivity contribution >= 4 is 104 Å². The number of benzene rings is 6. The van der Waals surface area contributed by atoms with E-state index in [9.17, 15) is 28.8 Å². The summed E-state index contributed by atoms with van der Waals surface area (Å²) >= 11 is 8.57. The zero-order chi connectivity index (χ0) is 88.1. The first-order valence-corrected chi connectivity index (χ1v) is 44.2. The Morgan fingerprint density at radius 3 is 0.967 bits per heavy atom. The molecule has 31 heteroatoms. The van der Waals surface area contributed by atoms with E-state index in [1.54, 1.807) is 53.9 Å². The Bertz CT molecular complexity index is 5210. The van der Waals surface area contributed by atoms with Crippen LogP contribution in [0.15, 0.2) is 197 Å². The molecule has 0 aliphatic heterocycles. The van der Waals surface area contributed by atoms with Crippen LogP contribution >= 0.6 is 68.0 Å². The quantitative estimate of drug-likeness (QED) is 0.0157. The van der Waals surface area contributed by atoms with Gasteiger partial charge in [0.15, 0.2) is 34.2 Å². The second-order valence-corrected chi connectivity index (χ2v) is 30.7. The van der Waals surface area contributed by atoms with E-state index in [0.717, 1.165) is 108 Å². The number of carbonyl (C=O) groups excluding carboxylic acids is 6. The first-order chi connectivity index (χ1) is 59.1. The Morgan fingerprint density at radius 2 is 0.680 bits per heavy atom. The zero-order valence-corrected chi connectivity index (χ0v) is 75.5. The van der Waals surface area contributed by atoms with Crippen LogP contribution in [0.3, 0.4) is 0 Å². The molecule has 25 nitrogen and oxygen atoms in total. The molecule has 0 radical (unpaired) electrons. The van der Waals surface area contributed by atoms with Gasteiger partial charge in [0.1, 0.15) is 77.8 Å². The fourth-order valence-corrected chi connectivity index (χ4v) is 14.8. The van der Waals surface area contributed by atoms with Crippen LogP contribution in [0.5, 0.6) is 34.5 Å². The predicted octanol–water partition coefficient (Wildman–Crippen LogP) is 21.7. The van der Waals surface area contributed by atoms with Crippen molar-refractivity contribution in [2.45, 2.75) is 95.6 Å². The van der Waals surface area contributed by atoms with Crippen LogP contribution in [0.1, 0.15) is 150 Å². The van der Waals surface area contributed by atoms with E-state index in [-0.39, 0.29) is 31.3 Å². The van der Waals surface area contributed by atoms with Gasteiger partial charge < -0.3 is 61.6 Å². The molecule has 0 aliphatic rings. The maximum Gasteiger partial charge on any atom is 0.358 e. The molecule has 12 rings (SSSR count). The summed E-state index contributed by atoms with van der Waals surface area (Å²) in [6, 6.07) is 45.9. The second-order valence-electron chi connectivity index (χ2n) is 25.2. The van der Waals surface area contributed by atoms with Gasteiger partial charge in [0.05, 0.1) is 66.1 Å². The molecule has 0 fully saturated rings. The van der Waals surface area contributed by atoms with Crippen LogP contribution < -0.4 is 28.4 Å². The number of thiazole rings is 6. The van der Waals surface area contributed by atoms with Crippen molar-refractivity contribution in [3.8, 4) is 97.9 Å². The van der Waals surface area contributed by atoms with Crippen LogP contribution in [0.2, 0.25) is 0 Å². The van der Waals surface area contributed by atoms with Crippen LogP contribution in [0.25, 0.3) is 63.4 Å².